The van der Waals surface area contributed by atoms with Crippen LogP contribution in [0.15, 0.2) is 188 Å². The first-order chi connectivity index (χ1) is 24.2. The summed E-state index contributed by atoms with van der Waals surface area (Å²) >= 11 is 0. The van der Waals surface area contributed by atoms with E-state index in [1.165, 1.54) is 93.5 Å². The van der Waals surface area contributed by atoms with Gasteiger partial charge >= 0.3 is 0 Å². The van der Waals surface area contributed by atoms with Gasteiger partial charge in [0.25, 0.3) is 0 Å². The van der Waals surface area contributed by atoms with Crippen LogP contribution in [0.5, 0.6) is 0 Å². The second-order valence-electron chi connectivity index (χ2n) is 12.9. The van der Waals surface area contributed by atoms with Crippen LogP contribution < -0.4 is 0 Å². The van der Waals surface area contributed by atoms with Gasteiger partial charge in [-0.3, -0.25) is 0 Å². The monoisotopic (exact) mass is 622 g/mol. The Balaban J connectivity index is 1.29. The quantitative estimate of drug-likeness (QED) is 0.168. The van der Waals surface area contributed by atoms with Crippen molar-refractivity contribution in [3.8, 4) is 55.6 Å². The summed E-state index contributed by atoms with van der Waals surface area (Å²) in [5.41, 5.74) is 13.7. The first kappa shape index (κ1) is 28.9. The van der Waals surface area contributed by atoms with Crippen molar-refractivity contribution in [1.82, 2.24) is 0 Å². The molecule has 0 amide bonds. The van der Waals surface area contributed by atoms with E-state index in [4.69, 9.17) is 0 Å². The molecule has 0 unspecified atom stereocenters. The highest BCUT2D eigenvalue weighted by molar-refractivity contribution is 6.24. The zero-order chi connectivity index (χ0) is 32.7. The van der Waals surface area contributed by atoms with Gasteiger partial charge in [-0.2, -0.15) is 0 Å². The van der Waals surface area contributed by atoms with Crippen molar-refractivity contribution in [2.75, 3.05) is 0 Å². The molecule has 9 aromatic rings. The van der Waals surface area contributed by atoms with Gasteiger partial charge in [-0.25, -0.2) is 0 Å². The third-order valence-electron chi connectivity index (χ3n) is 9.99. The normalized spacial score (nSPS) is 11.4. The maximum atomic E-state index is 2.34. The van der Waals surface area contributed by atoms with Crippen LogP contribution in [-0.4, -0.2) is 0 Å². The van der Waals surface area contributed by atoms with Gasteiger partial charge in [-0.05, 0) is 94.9 Å². The molecule has 0 aliphatic heterocycles. The van der Waals surface area contributed by atoms with Crippen molar-refractivity contribution in [2.24, 2.45) is 0 Å². The van der Waals surface area contributed by atoms with Crippen molar-refractivity contribution in [1.29, 1.82) is 0 Å². The molecule has 0 nitrogen and oxygen atoms in total. The Labute approximate surface area is 287 Å². The zero-order valence-electron chi connectivity index (χ0n) is 27.4. The minimum atomic E-state index is 1.21. The standard InChI is InChI=1S/C49H34/c1-33-23-25-36(26-24-33)39-31-32-47(41-17-7-6-16-40(39)41)49-45-21-11-9-19-43(45)48(44-20-10-12-22-46(44)49)42-18-8-5-15-38(42)37-29-27-35(28-30-37)34-13-3-2-4-14-34/h2-32H,1H3. The fourth-order valence-corrected chi connectivity index (χ4v) is 7.64. The molecular weight excluding hydrogens is 589 g/mol. The summed E-state index contributed by atoms with van der Waals surface area (Å²) < 4.78 is 0. The molecule has 0 spiro atoms. The maximum Gasteiger partial charge on any atom is -0.00201 e. The Hall–Kier alpha value is -6.24. The van der Waals surface area contributed by atoms with Crippen LogP contribution in [0.4, 0.5) is 0 Å². The Morgan fingerprint density at radius 1 is 0.224 bits per heavy atom. The Morgan fingerprint density at radius 2 is 0.592 bits per heavy atom. The number of fused-ring (bicyclic) bond motifs is 3. The minimum absolute atomic E-state index is 1.21. The molecule has 9 rings (SSSR count). The Bertz CT molecular complexity index is 2570. The Morgan fingerprint density at radius 3 is 1.18 bits per heavy atom. The van der Waals surface area contributed by atoms with Crippen LogP contribution in [0.3, 0.4) is 0 Å². The van der Waals surface area contributed by atoms with Gasteiger partial charge < -0.3 is 0 Å². The molecule has 0 atom stereocenters. The van der Waals surface area contributed by atoms with Crippen LogP contribution in [0.1, 0.15) is 5.56 Å². The van der Waals surface area contributed by atoms with Crippen molar-refractivity contribution in [2.45, 2.75) is 6.92 Å². The molecule has 0 aromatic heterocycles. The van der Waals surface area contributed by atoms with Crippen molar-refractivity contribution < 1.29 is 0 Å². The number of benzene rings is 9. The summed E-state index contributed by atoms with van der Waals surface area (Å²) in [7, 11) is 0. The predicted molar refractivity (Wildman–Crippen MR) is 211 cm³/mol. The van der Waals surface area contributed by atoms with E-state index in [-0.39, 0.29) is 0 Å². The SMILES string of the molecule is Cc1ccc(-c2ccc(-c3c4ccccc4c(-c4ccccc4-c4ccc(-c5ccccc5)cc4)c4ccccc34)c3ccccc23)cc1. The minimum Gasteiger partial charge on any atom is -0.0622 e. The third kappa shape index (κ3) is 5.01. The highest BCUT2D eigenvalue weighted by Gasteiger charge is 2.20. The van der Waals surface area contributed by atoms with Gasteiger partial charge in [-0.15, -0.1) is 0 Å². The first-order valence-electron chi connectivity index (χ1n) is 17.0. The molecule has 230 valence electrons. The van der Waals surface area contributed by atoms with Crippen molar-refractivity contribution in [3.05, 3.63) is 194 Å². The zero-order valence-corrected chi connectivity index (χ0v) is 27.4. The van der Waals surface area contributed by atoms with Gasteiger partial charge in [0.2, 0.25) is 0 Å². The molecule has 0 aliphatic rings. The fraction of sp³-hybridized carbons (Fsp3) is 0.0204. The number of hydrogen-bond acceptors (Lipinski definition) is 0. The van der Waals surface area contributed by atoms with E-state index >= 15 is 0 Å². The van der Waals surface area contributed by atoms with Gasteiger partial charge in [0, 0.05) is 0 Å². The average Bonchev–Trinajstić information content (AvgIpc) is 3.17. The van der Waals surface area contributed by atoms with Crippen LogP contribution in [0, 0.1) is 6.92 Å². The second kappa shape index (κ2) is 12.1. The molecular formula is C49H34. The maximum absolute atomic E-state index is 2.34. The lowest BCUT2D eigenvalue weighted by Gasteiger charge is -2.21. The highest BCUT2D eigenvalue weighted by atomic mass is 14.2. The number of aryl methyl sites for hydroxylation is 1. The van der Waals surface area contributed by atoms with E-state index in [0.29, 0.717) is 0 Å². The highest BCUT2D eigenvalue weighted by Crippen LogP contribution is 2.48. The van der Waals surface area contributed by atoms with Crippen molar-refractivity contribution >= 4 is 32.3 Å². The van der Waals surface area contributed by atoms with E-state index in [0.717, 1.165) is 0 Å². The first-order valence-corrected chi connectivity index (χ1v) is 17.0. The number of rotatable bonds is 5. The van der Waals surface area contributed by atoms with Crippen LogP contribution in [-0.2, 0) is 0 Å². The van der Waals surface area contributed by atoms with Crippen molar-refractivity contribution in [3.63, 3.8) is 0 Å². The molecule has 0 radical (unpaired) electrons. The third-order valence-corrected chi connectivity index (χ3v) is 9.99. The smallest absolute Gasteiger partial charge is 0.00201 e. The molecule has 0 N–H and O–H groups in total. The molecule has 0 fully saturated rings. The van der Waals surface area contributed by atoms with E-state index in [1.54, 1.807) is 0 Å². The van der Waals surface area contributed by atoms with Gasteiger partial charge in [0.05, 0.1) is 0 Å². The summed E-state index contributed by atoms with van der Waals surface area (Å²) in [6.45, 7) is 2.14. The van der Waals surface area contributed by atoms with Gasteiger partial charge in [0.1, 0.15) is 0 Å². The summed E-state index contributed by atoms with van der Waals surface area (Å²) in [4.78, 5) is 0. The summed E-state index contributed by atoms with van der Waals surface area (Å²) in [6.07, 6.45) is 0. The van der Waals surface area contributed by atoms with Gasteiger partial charge in [0.15, 0.2) is 0 Å². The molecule has 9 aromatic carbocycles. The lowest BCUT2D eigenvalue weighted by atomic mass is 9.82. The van der Waals surface area contributed by atoms with Crippen LogP contribution in [0.25, 0.3) is 88.0 Å². The molecule has 0 aliphatic carbocycles. The number of hydrogen-bond donors (Lipinski definition) is 0. The lowest BCUT2D eigenvalue weighted by Crippen LogP contribution is -1.94. The molecule has 0 saturated heterocycles. The van der Waals surface area contributed by atoms with E-state index in [9.17, 15) is 0 Å². The van der Waals surface area contributed by atoms with Gasteiger partial charge in [-0.1, -0.05) is 194 Å². The predicted octanol–water partition coefficient (Wildman–Crippen LogP) is 13.8. The largest absolute Gasteiger partial charge is 0.0622 e. The second-order valence-corrected chi connectivity index (χ2v) is 12.9. The van der Waals surface area contributed by atoms with E-state index in [1.807, 2.05) is 0 Å². The molecule has 49 heavy (non-hydrogen) atoms. The molecule has 0 bridgehead atoms. The summed E-state index contributed by atoms with van der Waals surface area (Å²) in [5.74, 6) is 0. The summed E-state index contributed by atoms with van der Waals surface area (Å²) in [5, 5.41) is 7.58. The molecule has 0 saturated carbocycles. The van der Waals surface area contributed by atoms with Crippen LogP contribution >= 0.6 is 0 Å². The topological polar surface area (TPSA) is 0 Å². The van der Waals surface area contributed by atoms with E-state index < -0.39 is 0 Å². The average molecular weight is 623 g/mol. The van der Waals surface area contributed by atoms with E-state index in [2.05, 4.69) is 195 Å². The Kier molecular flexibility index (Phi) is 7.14. The van der Waals surface area contributed by atoms with Crippen LogP contribution in [0.2, 0.25) is 0 Å². The molecule has 0 heterocycles. The fourth-order valence-electron chi connectivity index (χ4n) is 7.64. The lowest BCUT2D eigenvalue weighted by molar-refractivity contribution is 1.47. The molecule has 0 heteroatoms. The summed E-state index contributed by atoms with van der Waals surface area (Å²) in [6, 6.07) is 68.9.